The molecule has 0 amide bonds. The molecule has 30 heavy (non-hydrogen) atoms. The molecule has 4 aromatic rings. The number of methoxy groups -OCH3 is 1. The van der Waals surface area contributed by atoms with Crippen molar-refractivity contribution in [3.8, 4) is 11.4 Å². The van der Waals surface area contributed by atoms with Crippen LogP contribution in [0.3, 0.4) is 0 Å². The van der Waals surface area contributed by atoms with Crippen LogP contribution in [0.2, 0.25) is 0 Å². The number of nitrogens with one attached hydrogen (secondary N) is 1. The van der Waals surface area contributed by atoms with Crippen LogP contribution in [-0.2, 0) is 10.0 Å². The standard InChI is InChI=1S/C22H19N3O4S/c1-15-23-19-11-7-6-10-18(19)22(26)25(15)16-12-13-20(21(14-16)29-2)24-30(27,28)17-8-4-3-5-9-17/h3-14,24H,1-2H3. The van der Waals surface area contributed by atoms with Crippen LogP contribution in [0.15, 0.2) is 82.5 Å². The molecule has 0 spiro atoms. The van der Waals surface area contributed by atoms with Gasteiger partial charge >= 0.3 is 0 Å². The minimum Gasteiger partial charge on any atom is -0.494 e. The summed E-state index contributed by atoms with van der Waals surface area (Å²) >= 11 is 0. The van der Waals surface area contributed by atoms with E-state index in [9.17, 15) is 13.2 Å². The van der Waals surface area contributed by atoms with Gasteiger partial charge in [0.15, 0.2) is 0 Å². The van der Waals surface area contributed by atoms with Gasteiger partial charge in [0, 0.05) is 6.07 Å². The molecule has 3 aromatic carbocycles. The zero-order valence-corrected chi connectivity index (χ0v) is 17.2. The molecule has 1 heterocycles. The van der Waals surface area contributed by atoms with Gasteiger partial charge in [-0.3, -0.25) is 14.1 Å². The number of hydrogen-bond acceptors (Lipinski definition) is 5. The SMILES string of the molecule is COc1cc(-n2c(C)nc3ccccc3c2=O)ccc1NS(=O)(=O)c1ccccc1. The van der Waals surface area contributed by atoms with Gasteiger partial charge in [-0.15, -0.1) is 0 Å². The first-order valence-corrected chi connectivity index (χ1v) is 10.6. The number of anilines is 1. The Morgan fingerprint density at radius 2 is 1.67 bits per heavy atom. The minimum atomic E-state index is -3.78. The van der Waals surface area contributed by atoms with Crippen LogP contribution in [0.1, 0.15) is 5.82 Å². The second kappa shape index (κ2) is 7.64. The smallest absolute Gasteiger partial charge is 0.265 e. The fraction of sp³-hybridized carbons (Fsp3) is 0.0909. The van der Waals surface area contributed by atoms with Gasteiger partial charge in [-0.1, -0.05) is 30.3 Å². The van der Waals surface area contributed by atoms with E-state index in [1.165, 1.54) is 23.8 Å². The number of para-hydroxylation sites is 1. The molecular formula is C22H19N3O4S. The Morgan fingerprint density at radius 1 is 0.967 bits per heavy atom. The van der Waals surface area contributed by atoms with Crippen molar-refractivity contribution in [2.24, 2.45) is 0 Å². The lowest BCUT2D eigenvalue weighted by atomic mass is 10.2. The van der Waals surface area contributed by atoms with E-state index in [-0.39, 0.29) is 21.9 Å². The highest BCUT2D eigenvalue weighted by atomic mass is 32.2. The largest absolute Gasteiger partial charge is 0.494 e. The van der Waals surface area contributed by atoms with Crippen molar-refractivity contribution in [1.82, 2.24) is 9.55 Å². The molecule has 0 saturated carbocycles. The quantitative estimate of drug-likeness (QED) is 0.533. The number of aryl methyl sites for hydroxylation is 1. The maximum atomic E-state index is 13.0. The summed E-state index contributed by atoms with van der Waals surface area (Å²) in [4.78, 5) is 17.7. The van der Waals surface area contributed by atoms with E-state index in [1.807, 2.05) is 6.07 Å². The van der Waals surface area contributed by atoms with Gasteiger partial charge < -0.3 is 4.74 Å². The highest BCUT2D eigenvalue weighted by Crippen LogP contribution is 2.29. The second-order valence-corrected chi connectivity index (χ2v) is 8.30. The topological polar surface area (TPSA) is 90.3 Å². The van der Waals surface area contributed by atoms with Crippen molar-refractivity contribution < 1.29 is 13.2 Å². The third-order valence-corrected chi connectivity index (χ3v) is 6.07. The molecule has 8 heteroatoms. The van der Waals surface area contributed by atoms with Crippen LogP contribution in [0.5, 0.6) is 5.75 Å². The summed E-state index contributed by atoms with van der Waals surface area (Å²) in [5.41, 5.74) is 1.20. The minimum absolute atomic E-state index is 0.141. The predicted octanol–water partition coefficient (Wildman–Crippen LogP) is 3.50. The van der Waals surface area contributed by atoms with Gasteiger partial charge in [-0.2, -0.15) is 0 Å². The number of nitrogens with zero attached hydrogens (tertiary/aromatic N) is 2. The third-order valence-electron chi connectivity index (χ3n) is 4.68. The molecule has 0 unspecified atom stereocenters. The van der Waals surface area contributed by atoms with Crippen molar-refractivity contribution in [3.63, 3.8) is 0 Å². The first kappa shape index (κ1) is 19.7. The van der Waals surface area contributed by atoms with Gasteiger partial charge in [0.05, 0.1) is 34.3 Å². The maximum Gasteiger partial charge on any atom is 0.265 e. The van der Waals surface area contributed by atoms with E-state index < -0.39 is 10.0 Å². The Labute approximate surface area is 173 Å². The summed E-state index contributed by atoms with van der Waals surface area (Å²) in [6.07, 6.45) is 0. The zero-order valence-electron chi connectivity index (χ0n) is 16.4. The summed E-state index contributed by atoms with van der Waals surface area (Å²) in [5.74, 6) is 0.796. The molecule has 152 valence electrons. The lowest BCUT2D eigenvalue weighted by Crippen LogP contribution is -2.22. The molecule has 4 rings (SSSR count). The average molecular weight is 421 g/mol. The first-order chi connectivity index (χ1) is 14.4. The van der Waals surface area contributed by atoms with Gasteiger partial charge in [-0.05, 0) is 43.3 Å². The number of rotatable bonds is 5. The Balaban J connectivity index is 1.79. The van der Waals surface area contributed by atoms with E-state index in [2.05, 4.69) is 9.71 Å². The lowest BCUT2D eigenvalue weighted by molar-refractivity contribution is 0.416. The summed E-state index contributed by atoms with van der Waals surface area (Å²) in [6.45, 7) is 1.74. The highest BCUT2D eigenvalue weighted by molar-refractivity contribution is 7.92. The van der Waals surface area contributed by atoms with Crippen LogP contribution in [0.4, 0.5) is 5.69 Å². The van der Waals surface area contributed by atoms with Gasteiger partial charge in [-0.25, -0.2) is 13.4 Å². The van der Waals surface area contributed by atoms with Crippen molar-refractivity contribution >= 4 is 26.6 Å². The van der Waals surface area contributed by atoms with E-state index in [0.717, 1.165) is 0 Å². The number of hydrogen-bond donors (Lipinski definition) is 1. The molecule has 0 radical (unpaired) electrons. The highest BCUT2D eigenvalue weighted by Gasteiger charge is 2.18. The van der Waals surface area contributed by atoms with E-state index in [0.29, 0.717) is 22.4 Å². The van der Waals surface area contributed by atoms with Crippen molar-refractivity contribution in [1.29, 1.82) is 0 Å². The van der Waals surface area contributed by atoms with Crippen molar-refractivity contribution in [3.05, 3.63) is 89.0 Å². The molecule has 7 nitrogen and oxygen atoms in total. The summed E-state index contributed by atoms with van der Waals surface area (Å²) in [7, 11) is -2.34. The van der Waals surface area contributed by atoms with Gasteiger partial charge in [0.1, 0.15) is 11.6 Å². The fourth-order valence-corrected chi connectivity index (χ4v) is 4.35. The van der Waals surface area contributed by atoms with Crippen LogP contribution in [0.25, 0.3) is 16.6 Å². The van der Waals surface area contributed by atoms with Crippen LogP contribution < -0.4 is 15.0 Å². The van der Waals surface area contributed by atoms with Crippen LogP contribution in [-0.4, -0.2) is 25.1 Å². The van der Waals surface area contributed by atoms with E-state index >= 15 is 0 Å². The maximum absolute atomic E-state index is 13.0. The molecule has 0 bridgehead atoms. The van der Waals surface area contributed by atoms with Crippen LogP contribution >= 0.6 is 0 Å². The molecule has 0 aliphatic carbocycles. The van der Waals surface area contributed by atoms with E-state index in [4.69, 9.17) is 4.74 Å². The molecule has 1 N–H and O–H groups in total. The summed E-state index contributed by atoms with van der Waals surface area (Å²) < 4.78 is 34.7. The van der Waals surface area contributed by atoms with Crippen molar-refractivity contribution in [2.75, 3.05) is 11.8 Å². The average Bonchev–Trinajstić information content (AvgIpc) is 2.75. The van der Waals surface area contributed by atoms with Crippen LogP contribution in [0, 0.1) is 6.92 Å². The Hall–Kier alpha value is -3.65. The van der Waals surface area contributed by atoms with Gasteiger partial charge in [0.25, 0.3) is 15.6 Å². The zero-order chi connectivity index (χ0) is 21.3. The first-order valence-electron chi connectivity index (χ1n) is 9.15. The number of aromatic nitrogens is 2. The third kappa shape index (κ3) is 3.53. The molecule has 0 aliphatic rings. The molecule has 0 fully saturated rings. The molecule has 1 aromatic heterocycles. The Morgan fingerprint density at radius 3 is 2.40 bits per heavy atom. The van der Waals surface area contributed by atoms with E-state index in [1.54, 1.807) is 61.5 Å². The Bertz CT molecular complexity index is 1400. The number of fused-ring (bicyclic) bond motifs is 1. The normalized spacial score (nSPS) is 11.4. The number of ether oxygens (including phenoxy) is 1. The monoisotopic (exact) mass is 421 g/mol. The molecule has 0 atom stereocenters. The molecule has 0 aliphatic heterocycles. The van der Waals surface area contributed by atoms with Crippen molar-refractivity contribution in [2.45, 2.75) is 11.8 Å². The number of sulfonamides is 1. The second-order valence-electron chi connectivity index (χ2n) is 6.62. The lowest BCUT2D eigenvalue weighted by Gasteiger charge is -2.15. The van der Waals surface area contributed by atoms with Gasteiger partial charge in [0.2, 0.25) is 0 Å². The summed E-state index contributed by atoms with van der Waals surface area (Å²) in [5, 5.41) is 0.496. The fourth-order valence-electron chi connectivity index (χ4n) is 3.25. The summed E-state index contributed by atoms with van der Waals surface area (Å²) in [6, 6.07) is 20.0. The molecular weight excluding hydrogens is 402 g/mol. The molecule has 0 saturated heterocycles. The predicted molar refractivity (Wildman–Crippen MR) is 116 cm³/mol. The number of benzene rings is 3. The Kier molecular flexibility index (Phi) is 5.01.